The zero-order valence-electron chi connectivity index (χ0n) is 16.1. The summed E-state index contributed by atoms with van der Waals surface area (Å²) in [4.78, 5) is 2.52. The van der Waals surface area contributed by atoms with Gasteiger partial charge in [0, 0.05) is 47.6 Å². The molecule has 0 spiro atoms. The number of aryl methyl sites for hydroxylation is 1. The van der Waals surface area contributed by atoms with Gasteiger partial charge in [-0.1, -0.05) is 48.9 Å². The van der Waals surface area contributed by atoms with Crippen molar-refractivity contribution in [2.24, 2.45) is 0 Å². The molecule has 3 aromatic rings. The minimum absolute atomic E-state index is 0.196. The van der Waals surface area contributed by atoms with Crippen LogP contribution in [0.15, 0.2) is 48.5 Å². The normalized spacial score (nSPS) is 25.9. The van der Waals surface area contributed by atoms with Gasteiger partial charge in [-0.2, -0.15) is 0 Å². The van der Waals surface area contributed by atoms with Gasteiger partial charge in [0.2, 0.25) is 0 Å². The minimum atomic E-state index is 0.196. The van der Waals surface area contributed by atoms with Crippen LogP contribution < -0.4 is 0 Å². The van der Waals surface area contributed by atoms with Gasteiger partial charge in [0.05, 0.1) is 0 Å². The van der Waals surface area contributed by atoms with Gasteiger partial charge in [0.25, 0.3) is 0 Å². The number of likely N-dealkylation sites (N-methyl/N-ethyl adjacent to an activating group) is 1. The van der Waals surface area contributed by atoms with Gasteiger partial charge in [0.15, 0.2) is 0 Å². The summed E-state index contributed by atoms with van der Waals surface area (Å²) in [7, 11) is 2.28. The first-order valence-electron chi connectivity index (χ1n) is 9.91. The van der Waals surface area contributed by atoms with E-state index in [0.29, 0.717) is 5.92 Å². The molecule has 26 heavy (non-hydrogen) atoms. The van der Waals surface area contributed by atoms with Crippen molar-refractivity contribution in [1.29, 1.82) is 0 Å². The topological polar surface area (TPSA) is 8.17 Å². The van der Waals surface area contributed by atoms with Crippen molar-refractivity contribution in [2.45, 2.75) is 51.1 Å². The van der Waals surface area contributed by atoms with E-state index in [2.05, 4.69) is 78.9 Å². The fourth-order valence-electron chi connectivity index (χ4n) is 5.38. The lowest BCUT2D eigenvalue weighted by Gasteiger charge is -2.31. The second-order valence-corrected chi connectivity index (χ2v) is 8.83. The van der Waals surface area contributed by atoms with Crippen LogP contribution in [0.25, 0.3) is 10.9 Å². The molecule has 0 saturated carbocycles. The molecule has 2 aliphatic heterocycles. The van der Waals surface area contributed by atoms with E-state index in [1.54, 1.807) is 11.3 Å². The van der Waals surface area contributed by atoms with E-state index in [1.165, 1.54) is 41.4 Å². The maximum Gasteiger partial charge on any atom is 0.0486 e. The molecule has 0 radical (unpaired) electrons. The van der Waals surface area contributed by atoms with Gasteiger partial charge in [0.1, 0.15) is 0 Å². The molecule has 0 fully saturated rings. The molecule has 3 heterocycles. The van der Waals surface area contributed by atoms with Crippen molar-refractivity contribution >= 4 is 10.9 Å². The Morgan fingerprint density at radius 1 is 1.08 bits per heavy atom. The summed E-state index contributed by atoms with van der Waals surface area (Å²) in [6.45, 7) is 8.04. The van der Waals surface area contributed by atoms with E-state index in [4.69, 9.17) is 0 Å². The lowest BCUT2D eigenvalue weighted by molar-refractivity contribution is 0.269. The van der Waals surface area contributed by atoms with Crippen molar-refractivity contribution < 1.29 is 0 Å². The van der Waals surface area contributed by atoms with Crippen LogP contribution in [-0.2, 0) is 18.5 Å². The quantitative estimate of drug-likeness (QED) is 0.587. The Balaban J connectivity index is 1.74. The third-order valence-corrected chi connectivity index (χ3v) is 6.74. The van der Waals surface area contributed by atoms with Crippen molar-refractivity contribution in [3.05, 3.63) is 70.9 Å². The molecule has 2 aliphatic rings. The predicted octanol–water partition coefficient (Wildman–Crippen LogP) is 5.23. The van der Waals surface area contributed by atoms with Gasteiger partial charge in [-0.25, -0.2) is 0 Å². The highest BCUT2D eigenvalue weighted by molar-refractivity contribution is 5.87. The maximum absolute atomic E-state index is 2.68. The second kappa shape index (κ2) is 5.72. The minimum Gasteiger partial charge on any atom is -0.343 e. The summed E-state index contributed by atoms with van der Waals surface area (Å²) in [6, 6.07) is 18.2. The maximum atomic E-state index is 2.68. The molecular formula is C24H28N2. The number of rotatable bonds is 1. The summed E-state index contributed by atoms with van der Waals surface area (Å²) in [6.07, 6.45) is 2.53. The Morgan fingerprint density at radius 2 is 1.88 bits per heavy atom. The Labute approximate surface area is 156 Å². The van der Waals surface area contributed by atoms with E-state index >= 15 is 0 Å². The molecule has 2 heteroatoms. The van der Waals surface area contributed by atoms with Gasteiger partial charge in [-0.15, -0.1) is 0 Å². The molecule has 2 aromatic carbocycles. The van der Waals surface area contributed by atoms with Gasteiger partial charge < -0.3 is 9.47 Å². The van der Waals surface area contributed by atoms with Crippen LogP contribution in [0, 0.1) is 6.92 Å². The van der Waals surface area contributed by atoms with Crippen molar-refractivity contribution in [3.8, 4) is 0 Å². The molecule has 0 amide bonds. The first kappa shape index (κ1) is 16.1. The van der Waals surface area contributed by atoms with Crippen LogP contribution in [0.5, 0.6) is 0 Å². The van der Waals surface area contributed by atoms with Crippen LogP contribution in [0.2, 0.25) is 0 Å². The van der Waals surface area contributed by atoms with Crippen LogP contribution in [-0.4, -0.2) is 23.1 Å². The smallest absolute Gasteiger partial charge is 0.0486 e. The third kappa shape index (κ3) is 2.35. The summed E-state index contributed by atoms with van der Waals surface area (Å²) in [5.41, 5.74) is 7.69. The molecule has 2 unspecified atom stereocenters. The first-order valence-corrected chi connectivity index (χ1v) is 9.91. The van der Waals surface area contributed by atoms with E-state index < -0.39 is 0 Å². The Morgan fingerprint density at radius 3 is 2.69 bits per heavy atom. The van der Waals surface area contributed by atoms with E-state index in [-0.39, 0.29) is 5.41 Å². The van der Waals surface area contributed by atoms with Crippen molar-refractivity contribution in [2.75, 3.05) is 13.6 Å². The Bertz CT molecular complexity index is 969. The number of fused-ring (bicyclic) bond motifs is 3. The highest BCUT2D eigenvalue weighted by atomic mass is 15.1. The second-order valence-electron chi connectivity index (χ2n) is 8.83. The van der Waals surface area contributed by atoms with E-state index in [1.807, 2.05) is 0 Å². The summed E-state index contributed by atoms with van der Waals surface area (Å²) in [5, 5.41) is 1.48. The molecule has 0 bridgehead atoms. The highest BCUT2D eigenvalue weighted by Gasteiger charge is 2.38. The van der Waals surface area contributed by atoms with Crippen LogP contribution in [0.1, 0.15) is 48.1 Å². The standard InChI is InChI=1S/C24H28N2/c1-17-9-10-22-20(13-17)21-15-25(3)14-18-11-12-24(2,16-26(22)23(18)21)19-7-5-4-6-8-19/h4-10,13,18H,11-12,14-16H2,1-3H3. The van der Waals surface area contributed by atoms with Gasteiger partial charge in [-0.05, 0) is 50.1 Å². The van der Waals surface area contributed by atoms with E-state index in [0.717, 1.165) is 13.1 Å². The molecule has 5 rings (SSSR count). The molecule has 134 valence electrons. The van der Waals surface area contributed by atoms with Gasteiger partial charge in [-0.3, -0.25) is 0 Å². The summed E-state index contributed by atoms with van der Waals surface area (Å²) < 4.78 is 2.68. The molecule has 0 saturated heterocycles. The number of hydrogen-bond donors (Lipinski definition) is 0. The van der Waals surface area contributed by atoms with E-state index in [9.17, 15) is 0 Å². The number of hydrogen-bond acceptors (Lipinski definition) is 1. The van der Waals surface area contributed by atoms with Crippen LogP contribution >= 0.6 is 0 Å². The van der Waals surface area contributed by atoms with Crippen molar-refractivity contribution in [1.82, 2.24) is 9.47 Å². The number of benzene rings is 2. The molecule has 0 aliphatic carbocycles. The zero-order chi connectivity index (χ0) is 17.9. The lowest BCUT2D eigenvalue weighted by Crippen LogP contribution is -2.30. The average Bonchev–Trinajstić information content (AvgIpc) is 2.83. The molecular weight excluding hydrogens is 316 g/mol. The molecule has 2 atom stereocenters. The lowest BCUT2D eigenvalue weighted by atomic mass is 9.77. The average molecular weight is 345 g/mol. The monoisotopic (exact) mass is 344 g/mol. The fourth-order valence-corrected chi connectivity index (χ4v) is 5.38. The fraction of sp³-hybridized carbons (Fsp3) is 0.417. The van der Waals surface area contributed by atoms with Crippen LogP contribution in [0.4, 0.5) is 0 Å². The van der Waals surface area contributed by atoms with Crippen molar-refractivity contribution in [3.63, 3.8) is 0 Å². The first-order chi connectivity index (χ1) is 12.5. The summed E-state index contributed by atoms with van der Waals surface area (Å²) >= 11 is 0. The largest absolute Gasteiger partial charge is 0.343 e. The summed E-state index contributed by atoms with van der Waals surface area (Å²) in [5.74, 6) is 0.655. The number of nitrogens with zero attached hydrogens (tertiary/aromatic N) is 2. The highest BCUT2D eigenvalue weighted by Crippen LogP contribution is 2.45. The molecule has 2 nitrogen and oxygen atoms in total. The molecule has 1 aromatic heterocycles. The predicted molar refractivity (Wildman–Crippen MR) is 109 cm³/mol. The third-order valence-electron chi connectivity index (χ3n) is 6.74. The zero-order valence-corrected chi connectivity index (χ0v) is 16.1. The SMILES string of the molecule is Cc1ccc2c(c1)c1c3n2CC(C)(c2ccccc2)CCC3CN(C)C1. The Kier molecular flexibility index (Phi) is 3.55. The van der Waals surface area contributed by atoms with Crippen LogP contribution in [0.3, 0.4) is 0 Å². The molecule has 0 N–H and O–H groups in total. The number of aromatic nitrogens is 1. The Hall–Kier alpha value is -2.06. The van der Waals surface area contributed by atoms with Gasteiger partial charge >= 0.3 is 0 Å².